The van der Waals surface area contributed by atoms with Crippen molar-refractivity contribution in [3.8, 4) is 0 Å². The highest BCUT2D eigenvalue weighted by Crippen LogP contribution is 2.14. The average molecular weight is 262 g/mol. The lowest BCUT2D eigenvalue weighted by molar-refractivity contribution is -0.123. The maximum atomic E-state index is 11.9. The Balaban J connectivity index is 2.53. The summed E-state index contributed by atoms with van der Waals surface area (Å²) >= 11 is 0. The van der Waals surface area contributed by atoms with Crippen LogP contribution in [0.1, 0.15) is 57.2 Å². The molecule has 0 bridgehead atoms. The maximum Gasteiger partial charge on any atom is 0.237 e. The van der Waals surface area contributed by atoms with Gasteiger partial charge in [-0.25, -0.2) is 0 Å². The summed E-state index contributed by atoms with van der Waals surface area (Å²) in [6.45, 7) is 6.22. The van der Waals surface area contributed by atoms with E-state index in [9.17, 15) is 4.79 Å². The summed E-state index contributed by atoms with van der Waals surface area (Å²) in [6, 6.07) is 7.97. The van der Waals surface area contributed by atoms with Crippen LogP contribution in [0, 0.1) is 0 Å². The summed E-state index contributed by atoms with van der Waals surface area (Å²) < 4.78 is 0. The van der Waals surface area contributed by atoms with Crippen LogP contribution < -0.4 is 11.1 Å². The zero-order chi connectivity index (χ0) is 14.3. The molecule has 0 aliphatic rings. The Hall–Kier alpha value is -1.35. The summed E-state index contributed by atoms with van der Waals surface area (Å²) in [5, 5.41) is 2.98. The first-order valence-electron chi connectivity index (χ1n) is 7.23. The van der Waals surface area contributed by atoms with Gasteiger partial charge in [0, 0.05) is 0 Å². The number of hydrogen-bond acceptors (Lipinski definition) is 2. The lowest BCUT2D eigenvalue weighted by Gasteiger charge is -2.18. The number of carbonyl (C=O) groups excluding carboxylic acids is 1. The zero-order valence-corrected chi connectivity index (χ0v) is 12.3. The number of unbranched alkanes of at least 4 members (excludes halogenated alkanes) is 1. The van der Waals surface area contributed by atoms with Crippen LogP contribution in [0.5, 0.6) is 0 Å². The Morgan fingerprint density at radius 1 is 1.26 bits per heavy atom. The molecular weight excluding hydrogens is 236 g/mol. The zero-order valence-electron chi connectivity index (χ0n) is 12.3. The second-order valence-corrected chi connectivity index (χ2v) is 5.07. The van der Waals surface area contributed by atoms with E-state index in [1.807, 2.05) is 6.92 Å². The first kappa shape index (κ1) is 15.7. The highest BCUT2D eigenvalue weighted by molar-refractivity contribution is 5.81. The number of carbonyl (C=O) groups is 1. The number of aryl methyl sites for hydroxylation is 1. The molecule has 0 fully saturated rings. The van der Waals surface area contributed by atoms with E-state index in [-0.39, 0.29) is 11.9 Å². The molecule has 1 aromatic rings. The van der Waals surface area contributed by atoms with Crippen molar-refractivity contribution in [2.24, 2.45) is 5.73 Å². The molecule has 3 heteroatoms. The summed E-state index contributed by atoms with van der Waals surface area (Å²) in [6.07, 6.45) is 3.84. The van der Waals surface area contributed by atoms with Crippen molar-refractivity contribution < 1.29 is 4.79 Å². The van der Waals surface area contributed by atoms with Crippen LogP contribution in [0.25, 0.3) is 0 Å². The van der Waals surface area contributed by atoms with Gasteiger partial charge in [0.15, 0.2) is 0 Å². The largest absolute Gasteiger partial charge is 0.348 e. The van der Waals surface area contributed by atoms with E-state index in [1.54, 1.807) is 0 Å². The first-order valence-corrected chi connectivity index (χ1v) is 7.23. The van der Waals surface area contributed by atoms with Crippen molar-refractivity contribution in [2.75, 3.05) is 0 Å². The van der Waals surface area contributed by atoms with Gasteiger partial charge in [-0.05, 0) is 30.9 Å². The third-order valence-electron chi connectivity index (χ3n) is 3.45. The molecule has 0 aliphatic heterocycles. The molecule has 19 heavy (non-hydrogen) atoms. The average Bonchev–Trinajstić information content (AvgIpc) is 2.44. The molecule has 1 rings (SSSR count). The Kier molecular flexibility index (Phi) is 6.57. The minimum atomic E-state index is -0.391. The van der Waals surface area contributed by atoms with Gasteiger partial charge in [0.25, 0.3) is 0 Å². The number of hydrogen-bond donors (Lipinski definition) is 2. The molecule has 0 aliphatic carbocycles. The van der Waals surface area contributed by atoms with Crippen LogP contribution in [0.15, 0.2) is 24.3 Å². The van der Waals surface area contributed by atoms with Gasteiger partial charge in [0.1, 0.15) is 0 Å². The molecule has 1 unspecified atom stereocenters. The molecule has 3 nitrogen and oxygen atoms in total. The van der Waals surface area contributed by atoms with Crippen molar-refractivity contribution in [2.45, 2.75) is 58.5 Å². The maximum absolute atomic E-state index is 11.9. The van der Waals surface area contributed by atoms with Crippen LogP contribution in [0.2, 0.25) is 0 Å². The molecule has 3 N–H and O–H groups in total. The predicted octanol–water partition coefficient (Wildman–Crippen LogP) is 2.94. The minimum absolute atomic E-state index is 0.00563. The summed E-state index contributed by atoms with van der Waals surface area (Å²) in [4.78, 5) is 11.9. The number of nitrogens with one attached hydrogen (secondary N) is 1. The smallest absolute Gasteiger partial charge is 0.237 e. The van der Waals surface area contributed by atoms with Crippen LogP contribution in [0.3, 0.4) is 0 Å². The van der Waals surface area contributed by atoms with Gasteiger partial charge in [-0.1, -0.05) is 51.0 Å². The second kappa shape index (κ2) is 7.95. The topological polar surface area (TPSA) is 55.1 Å². The molecule has 0 radical (unpaired) electrons. The normalized spacial score (nSPS) is 13.9. The van der Waals surface area contributed by atoms with E-state index in [1.165, 1.54) is 5.56 Å². The third kappa shape index (κ3) is 5.03. The van der Waals surface area contributed by atoms with Gasteiger partial charge in [-0.15, -0.1) is 0 Å². The molecule has 1 amide bonds. The van der Waals surface area contributed by atoms with Crippen LogP contribution >= 0.6 is 0 Å². The number of rotatable bonds is 7. The van der Waals surface area contributed by atoms with E-state index in [0.29, 0.717) is 0 Å². The van der Waals surface area contributed by atoms with Crippen LogP contribution in [-0.2, 0) is 11.2 Å². The van der Waals surface area contributed by atoms with Gasteiger partial charge >= 0.3 is 0 Å². The summed E-state index contributed by atoms with van der Waals surface area (Å²) in [7, 11) is 0. The first-order chi connectivity index (χ1) is 9.08. The fraction of sp³-hybridized carbons (Fsp3) is 0.562. The second-order valence-electron chi connectivity index (χ2n) is 5.07. The molecule has 1 aromatic carbocycles. The number of nitrogens with two attached hydrogens (primary N) is 1. The van der Waals surface area contributed by atoms with Crippen molar-refractivity contribution in [1.82, 2.24) is 5.32 Å². The van der Waals surface area contributed by atoms with E-state index in [4.69, 9.17) is 5.73 Å². The van der Waals surface area contributed by atoms with E-state index < -0.39 is 6.04 Å². The molecule has 106 valence electrons. The lowest BCUT2D eigenvalue weighted by Crippen LogP contribution is -2.41. The molecular formula is C16H26N2O. The predicted molar refractivity (Wildman–Crippen MR) is 79.9 cm³/mol. The van der Waals surface area contributed by atoms with Gasteiger partial charge in [-0.3, -0.25) is 4.79 Å². The Morgan fingerprint density at radius 3 is 2.42 bits per heavy atom. The molecule has 2 atom stereocenters. The molecule has 0 saturated carbocycles. The Bertz CT molecular complexity index is 386. The SMILES string of the molecule is CCCC[C@H](N)C(=O)NC(C)c1ccc(CC)cc1. The van der Waals surface area contributed by atoms with Crippen molar-refractivity contribution in [3.63, 3.8) is 0 Å². The van der Waals surface area contributed by atoms with Crippen molar-refractivity contribution in [1.29, 1.82) is 0 Å². The number of benzene rings is 1. The highest BCUT2D eigenvalue weighted by atomic mass is 16.2. The van der Waals surface area contributed by atoms with Gasteiger partial charge in [0.05, 0.1) is 12.1 Å². The Labute approximate surface area is 116 Å². The van der Waals surface area contributed by atoms with Crippen molar-refractivity contribution in [3.05, 3.63) is 35.4 Å². The molecule has 0 saturated heterocycles. The van der Waals surface area contributed by atoms with E-state index in [0.717, 1.165) is 31.2 Å². The fourth-order valence-electron chi connectivity index (χ4n) is 2.00. The minimum Gasteiger partial charge on any atom is -0.348 e. The van der Waals surface area contributed by atoms with E-state index in [2.05, 4.69) is 43.4 Å². The molecule has 0 heterocycles. The van der Waals surface area contributed by atoms with Gasteiger partial charge in [0.2, 0.25) is 5.91 Å². The van der Waals surface area contributed by atoms with Crippen LogP contribution in [0.4, 0.5) is 0 Å². The Morgan fingerprint density at radius 2 is 1.89 bits per heavy atom. The van der Waals surface area contributed by atoms with Gasteiger partial charge < -0.3 is 11.1 Å². The van der Waals surface area contributed by atoms with E-state index >= 15 is 0 Å². The molecule has 0 aromatic heterocycles. The molecule has 0 spiro atoms. The van der Waals surface area contributed by atoms with Gasteiger partial charge in [-0.2, -0.15) is 0 Å². The third-order valence-corrected chi connectivity index (χ3v) is 3.45. The fourth-order valence-corrected chi connectivity index (χ4v) is 2.00. The number of amides is 1. The summed E-state index contributed by atoms with van der Waals surface area (Å²) in [5.74, 6) is -0.0551. The highest BCUT2D eigenvalue weighted by Gasteiger charge is 2.15. The van der Waals surface area contributed by atoms with Crippen LogP contribution in [-0.4, -0.2) is 11.9 Å². The quantitative estimate of drug-likeness (QED) is 0.793. The standard InChI is InChI=1S/C16H26N2O/c1-4-6-7-15(17)16(19)18-12(3)14-10-8-13(5-2)9-11-14/h8-12,15H,4-7,17H2,1-3H3,(H,18,19)/t12?,15-/m0/s1. The lowest BCUT2D eigenvalue weighted by atomic mass is 10.0. The van der Waals surface area contributed by atoms with Crippen molar-refractivity contribution >= 4 is 5.91 Å². The monoisotopic (exact) mass is 262 g/mol. The summed E-state index contributed by atoms with van der Waals surface area (Å²) in [5.41, 5.74) is 8.29.